The molecule has 36 heavy (non-hydrogen) atoms. The van der Waals surface area contributed by atoms with Crippen LogP contribution in [0.15, 0.2) is 59.4 Å². The fourth-order valence-electron chi connectivity index (χ4n) is 5.13. The molecule has 1 amide bonds. The van der Waals surface area contributed by atoms with Crippen molar-refractivity contribution in [3.63, 3.8) is 0 Å². The third kappa shape index (κ3) is 4.68. The van der Waals surface area contributed by atoms with Gasteiger partial charge in [0.1, 0.15) is 0 Å². The molecule has 0 aliphatic carbocycles. The first-order chi connectivity index (χ1) is 17.5. The predicted octanol–water partition coefficient (Wildman–Crippen LogP) is 3.85. The highest BCUT2D eigenvalue weighted by atomic mass is 16.5. The first-order valence-electron chi connectivity index (χ1n) is 12.7. The van der Waals surface area contributed by atoms with E-state index in [-0.39, 0.29) is 11.5 Å². The highest BCUT2D eigenvalue weighted by Crippen LogP contribution is 2.30. The molecule has 1 fully saturated rings. The molecule has 1 saturated heterocycles. The minimum atomic E-state index is -0.0602. The second-order valence-corrected chi connectivity index (χ2v) is 9.60. The van der Waals surface area contributed by atoms with Gasteiger partial charge in [-0.2, -0.15) is 0 Å². The molecular weight excluding hydrogens is 452 g/mol. The second-order valence-electron chi connectivity index (χ2n) is 9.60. The standard InChI is InChI=1S/C29H34N4O3/c1-4-33-26-10-9-24(19-25(26)27(20-28(33)34)32-15-17-36-18-16-32)31(3)29(35)23-7-5-21(6-8-23)22-11-13-30(2)14-12-22/h5-11,19-20H,4,12-18H2,1-3H3. The molecule has 3 heterocycles. The van der Waals surface area contributed by atoms with Crippen molar-refractivity contribution in [2.45, 2.75) is 19.9 Å². The number of likely N-dealkylation sites (N-methyl/N-ethyl adjacent to an activating group) is 1. The maximum atomic E-state index is 13.4. The van der Waals surface area contributed by atoms with Crippen LogP contribution in [0.2, 0.25) is 0 Å². The first-order valence-corrected chi connectivity index (χ1v) is 12.7. The molecule has 3 aromatic rings. The predicted molar refractivity (Wildman–Crippen MR) is 146 cm³/mol. The van der Waals surface area contributed by atoms with Crippen LogP contribution in [0.5, 0.6) is 0 Å². The van der Waals surface area contributed by atoms with Crippen LogP contribution in [0.1, 0.15) is 29.3 Å². The van der Waals surface area contributed by atoms with Gasteiger partial charge in [0, 0.05) is 62.5 Å². The summed E-state index contributed by atoms with van der Waals surface area (Å²) in [6.45, 7) is 7.33. The van der Waals surface area contributed by atoms with Gasteiger partial charge < -0.3 is 24.0 Å². The molecule has 1 aromatic heterocycles. The summed E-state index contributed by atoms with van der Waals surface area (Å²) in [5.41, 5.74) is 5.75. The molecule has 7 heteroatoms. The summed E-state index contributed by atoms with van der Waals surface area (Å²) in [6, 6.07) is 15.6. The van der Waals surface area contributed by atoms with Gasteiger partial charge in [-0.1, -0.05) is 18.2 Å². The number of benzene rings is 2. The van der Waals surface area contributed by atoms with Crippen molar-refractivity contribution in [3.8, 4) is 0 Å². The number of amides is 1. The zero-order valence-corrected chi connectivity index (χ0v) is 21.4. The van der Waals surface area contributed by atoms with Crippen LogP contribution in [0.25, 0.3) is 16.5 Å². The van der Waals surface area contributed by atoms with Gasteiger partial charge in [-0.25, -0.2) is 0 Å². The van der Waals surface area contributed by atoms with Gasteiger partial charge >= 0.3 is 0 Å². The molecule has 0 saturated carbocycles. The van der Waals surface area contributed by atoms with E-state index in [2.05, 4.69) is 35.1 Å². The van der Waals surface area contributed by atoms with Crippen LogP contribution in [-0.2, 0) is 11.3 Å². The van der Waals surface area contributed by atoms with Gasteiger partial charge in [0.05, 0.1) is 24.4 Å². The number of ether oxygens (including phenoxy) is 1. The lowest BCUT2D eigenvalue weighted by atomic mass is 9.98. The number of aromatic nitrogens is 1. The smallest absolute Gasteiger partial charge is 0.258 e. The Kier molecular flexibility index (Phi) is 6.94. The minimum Gasteiger partial charge on any atom is -0.378 e. The van der Waals surface area contributed by atoms with Gasteiger partial charge in [-0.3, -0.25) is 9.59 Å². The number of hydrogen-bond acceptors (Lipinski definition) is 5. The zero-order valence-electron chi connectivity index (χ0n) is 21.4. The van der Waals surface area contributed by atoms with E-state index in [9.17, 15) is 9.59 Å². The number of fused-ring (bicyclic) bond motifs is 1. The van der Waals surface area contributed by atoms with Crippen molar-refractivity contribution in [1.82, 2.24) is 9.47 Å². The lowest BCUT2D eigenvalue weighted by Gasteiger charge is -2.30. The van der Waals surface area contributed by atoms with E-state index in [0.29, 0.717) is 25.3 Å². The lowest BCUT2D eigenvalue weighted by Crippen LogP contribution is -2.37. The average Bonchev–Trinajstić information content (AvgIpc) is 2.92. The molecule has 188 valence electrons. The molecule has 2 aliphatic heterocycles. The molecular formula is C29H34N4O3. The number of aryl methyl sites for hydroxylation is 1. The maximum absolute atomic E-state index is 13.4. The Hall–Kier alpha value is -3.42. The Morgan fingerprint density at radius 1 is 1.03 bits per heavy atom. The number of anilines is 2. The fourth-order valence-corrected chi connectivity index (χ4v) is 5.13. The lowest BCUT2D eigenvalue weighted by molar-refractivity contribution is 0.0993. The zero-order chi connectivity index (χ0) is 25.2. The first kappa shape index (κ1) is 24.3. The maximum Gasteiger partial charge on any atom is 0.258 e. The summed E-state index contributed by atoms with van der Waals surface area (Å²) in [5.74, 6) is -0.0602. The quantitative estimate of drug-likeness (QED) is 0.548. The second kappa shape index (κ2) is 10.3. The van der Waals surface area contributed by atoms with Crippen molar-refractivity contribution < 1.29 is 9.53 Å². The molecule has 0 radical (unpaired) electrons. The molecule has 0 bridgehead atoms. The number of hydrogen-bond donors (Lipinski definition) is 0. The van der Waals surface area contributed by atoms with Crippen molar-refractivity contribution in [3.05, 3.63) is 76.1 Å². The van der Waals surface area contributed by atoms with Crippen molar-refractivity contribution in [1.29, 1.82) is 0 Å². The molecule has 2 aliphatic rings. The number of rotatable bonds is 5. The summed E-state index contributed by atoms with van der Waals surface area (Å²) >= 11 is 0. The topological polar surface area (TPSA) is 58.0 Å². The number of pyridine rings is 1. The van der Waals surface area contributed by atoms with Gasteiger partial charge in [0.25, 0.3) is 11.5 Å². The Labute approximate surface area is 212 Å². The van der Waals surface area contributed by atoms with Crippen LogP contribution in [0.3, 0.4) is 0 Å². The van der Waals surface area contributed by atoms with E-state index in [1.165, 1.54) is 11.1 Å². The van der Waals surface area contributed by atoms with E-state index in [0.717, 1.165) is 54.9 Å². The Balaban J connectivity index is 1.46. The SMILES string of the molecule is CCn1c(=O)cc(N2CCOCC2)c2cc(N(C)C(=O)c3ccc(C4=CCN(C)CC4)cc3)ccc21. The largest absolute Gasteiger partial charge is 0.378 e. The van der Waals surface area contributed by atoms with Crippen LogP contribution in [-0.4, -0.2) is 68.9 Å². The normalized spacial score (nSPS) is 16.8. The van der Waals surface area contributed by atoms with Gasteiger partial charge in [-0.15, -0.1) is 0 Å². The van der Waals surface area contributed by atoms with Gasteiger partial charge in [-0.05, 0) is 61.9 Å². The Bertz CT molecular complexity index is 1350. The van der Waals surface area contributed by atoms with Crippen LogP contribution < -0.4 is 15.4 Å². The van der Waals surface area contributed by atoms with E-state index >= 15 is 0 Å². The van der Waals surface area contributed by atoms with Crippen LogP contribution in [0, 0.1) is 0 Å². The monoisotopic (exact) mass is 486 g/mol. The van der Waals surface area contributed by atoms with Crippen LogP contribution in [0.4, 0.5) is 11.4 Å². The van der Waals surface area contributed by atoms with Crippen LogP contribution >= 0.6 is 0 Å². The Morgan fingerprint density at radius 2 is 1.78 bits per heavy atom. The Morgan fingerprint density at radius 3 is 2.44 bits per heavy atom. The molecule has 0 spiro atoms. The number of carbonyl (C=O) groups is 1. The number of nitrogens with zero attached hydrogens (tertiary/aromatic N) is 4. The number of carbonyl (C=O) groups excluding carboxylic acids is 1. The highest BCUT2D eigenvalue weighted by molar-refractivity contribution is 6.07. The summed E-state index contributed by atoms with van der Waals surface area (Å²) in [7, 11) is 3.93. The summed E-state index contributed by atoms with van der Waals surface area (Å²) in [5, 5.41) is 0.972. The molecule has 0 unspecified atom stereocenters. The van der Waals surface area contributed by atoms with Crippen molar-refractivity contribution in [2.75, 3.05) is 63.3 Å². The third-order valence-corrected chi connectivity index (χ3v) is 7.35. The molecule has 5 rings (SSSR count). The molecule has 0 atom stereocenters. The van der Waals surface area contributed by atoms with E-state index in [1.807, 2.05) is 37.3 Å². The third-order valence-electron chi connectivity index (χ3n) is 7.35. The van der Waals surface area contributed by atoms with E-state index in [4.69, 9.17) is 4.74 Å². The van der Waals surface area contributed by atoms with Gasteiger partial charge in [0.2, 0.25) is 0 Å². The fraction of sp³-hybridized carbons (Fsp3) is 0.379. The summed E-state index contributed by atoms with van der Waals surface area (Å²) in [6.07, 6.45) is 3.29. The van der Waals surface area contributed by atoms with Crippen molar-refractivity contribution >= 4 is 33.8 Å². The number of morpholine rings is 1. The van der Waals surface area contributed by atoms with E-state index in [1.54, 1.807) is 22.6 Å². The minimum absolute atomic E-state index is 0.0107. The molecule has 2 aromatic carbocycles. The molecule has 7 nitrogen and oxygen atoms in total. The summed E-state index contributed by atoms with van der Waals surface area (Å²) < 4.78 is 7.30. The highest BCUT2D eigenvalue weighted by Gasteiger charge is 2.20. The molecule has 0 N–H and O–H groups in total. The van der Waals surface area contributed by atoms with E-state index < -0.39 is 0 Å². The summed E-state index contributed by atoms with van der Waals surface area (Å²) in [4.78, 5) is 32.4. The average molecular weight is 487 g/mol. The van der Waals surface area contributed by atoms with Crippen molar-refractivity contribution in [2.24, 2.45) is 0 Å². The van der Waals surface area contributed by atoms with Gasteiger partial charge in [0.15, 0.2) is 0 Å².